The number of aromatic nitrogens is 2. The number of nitrogens with one attached hydrogen (secondary N) is 4. The maximum atomic E-state index is 13.5. The number of aryl methyl sites for hydroxylation is 1. The number of amides is 6. The lowest BCUT2D eigenvalue weighted by molar-refractivity contribution is -0.138. The number of nitrogen functional groups attached to an aromatic ring is 1. The molecule has 1 saturated heterocycles. The van der Waals surface area contributed by atoms with Crippen LogP contribution in [0.25, 0.3) is 10.9 Å². The Kier molecular flexibility index (Phi) is 13.0. The first-order valence-corrected chi connectivity index (χ1v) is 20.3. The van der Waals surface area contributed by atoms with Gasteiger partial charge in [-0.1, -0.05) is 6.07 Å². The van der Waals surface area contributed by atoms with Crippen molar-refractivity contribution >= 4 is 63.5 Å². The van der Waals surface area contributed by atoms with E-state index in [1.165, 1.54) is 31.4 Å². The Balaban J connectivity index is 0.857. The molecule has 1 saturated carbocycles. The van der Waals surface area contributed by atoms with Crippen molar-refractivity contribution in [1.82, 2.24) is 25.5 Å². The SMILES string of the molecule is COc1cc2nc(C)nc(N[C@H](C)c3cc(N)cc(C(F)(F)F)c3)c2cc1OCC1(C(=O)NCCOCCOCC(=O)Nc2cccc3c2C(=O)N(C2CCC(=O)NC2=O)C3=O)CC1. The fourth-order valence-electron chi connectivity index (χ4n) is 7.43. The summed E-state index contributed by atoms with van der Waals surface area (Å²) in [6, 6.07) is 9.26. The van der Waals surface area contributed by atoms with Crippen LogP contribution in [0.2, 0.25) is 0 Å². The van der Waals surface area contributed by atoms with E-state index in [1.807, 2.05) is 0 Å². The number of halogens is 3. The molecule has 0 spiro atoms. The van der Waals surface area contributed by atoms with Crippen LogP contribution in [0.1, 0.15) is 76.3 Å². The van der Waals surface area contributed by atoms with E-state index in [-0.39, 0.29) is 74.2 Å². The van der Waals surface area contributed by atoms with Crippen LogP contribution in [0.4, 0.5) is 30.4 Å². The van der Waals surface area contributed by atoms with Crippen LogP contribution in [-0.2, 0) is 34.8 Å². The highest BCUT2D eigenvalue weighted by atomic mass is 19.4. The molecular formula is C43H45F3N8O10. The maximum absolute atomic E-state index is 13.5. The number of hydrogen-bond donors (Lipinski definition) is 5. The molecule has 6 N–H and O–H groups in total. The van der Waals surface area contributed by atoms with E-state index in [1.54, 1.807) is 26.0 Å². The molecule has 21 heteroatoms. The summed E-state index contributed by atoms with van der Waals surface area (Å²) in [6.07, 6.45) is -3.45. The maximum Gasteiger partial charge on any atom is 0.416 e. The predicted octanol–water partition coefficient (Wildman–Crippen LogP) is 4.07. The van der Waals surface area contributed by atoms with Gasteiger partial charge in [-0.05, 0) is 75.1 Å². The van der Waals surface area contributed by atoms with Crippen LogP contribution < -0.4 is 36.5 Å². The molecule has 1 aliphatic carbocycles. The van der Waals surface area contributed by atoms with Gasteiger partial charge in [-0.15, -0.1) is 0 Å². The van der Waals surface area contributed by atoms with Crippen LogP contribution in [0, 0.1) is 12.3 Å². The molecule has 6 amide bonds. The largest absolute Gasteiger partial charge is 0.493 e. The Morgan fingerprint density at radius 3 is 2.48 bits per heavy atom. The molecule has 64 heavy (non-hydrogen) atoms. The number of hydrogen-bond acceptors (Lipinski definition) is 14. The number of piperidine rings is 1. The average Bonchev–Trinajstić information content (AvgIpc) is 4.00. The van der Waals surface area contributed by atoms with Gasteiger partial charge in [0.2, 0.25) is 23.6 Å². The van der Waals surface area contributed by atoms with Gasteiger partial charge in [0, 0.05) is 30.1 Å². The van der Waals surface area contributed by atoms with Crippen LogP contribution in [0.3, 0.4) is 0 Å². The minimum Gasteiger partial charge on any atom is -0.493 e. The average molecular weight is 891 g/mol. The third-order valence-electron chi connectivity index (χ3n) is 11.0. The number of rotatable bonds is 18. The van der Waals surface area contributed by atoms with Crippen LogP contribution in [-0.4, -0.2) is 103 Å². The van der Waals surface area contributed by atoms with Gasteiger partial charge in [0.05, 0.1) is 66.3 Å². The summed E-state index contributed by atoms with van der Waals surface area (Å²) < 4.78 is 63.3. The predicted molar refractivity (Wildman–Crippen MR) is 222 cm³/mol. The lowest BCUT2D eigenvalue weighted by Gasteiger charge is -2.27. The zero-order chi connectivity index (χ0) is 45.9. The van der Waals surface area contributed by atoms with Gasteiger partial charge in [-0.25, -0.2) is 9.97 Å². The van der Waals surface area contributed by atoms with Gasteiger partial charge in [0.1, 0.15) is 30.9 Å². The fraction of sp³-hybridized carbons (Fsp3) is 0.395. The zero-order valence-electron chi connectivity index (χ0n) is 35.0. The smallest absolute Gasteiger partial charge is 0.416 e. The number of methoxy groups -OCH3 is 1. The van der Waals surface area contributed by atoms with Gasteiger partial charge in [-0.3, -0.25) is 39.0 Å². The summed E-state index contributed by atoms with van der Waals surface area (Å²) in [4.78, 5) is 86.0. The molecule has 18 nitrogen and oxygen atoms in total. The number of nitrogens with two attached hydrogens (primary N) is 1. The summed E-state index contributed by atoms with van der Waals surface area (Å²) >= 11 is 0. The zero-order valence-corrected chi connectivity index (χ0v) is 35.0. The Hall–Kier alpha value is -6.87. The van der Waals surface area contributed by atoms with Crippen LogP contribution in [0.5, 0.6) is 11.5 Å². The normalized spacial score (nSPS) is 17.2. The number of nitrogens with zero attached hydrogens (tertiary/aromatic N) is 3. The number of carbonyl (C=O) groups excluding carboxylic acids is 6. The summed E-state index contributed by atoms with van der Waals surface area (Å²) in [7, 11) is 1.46. The standard InChI is InChI=1S/C43H45F3N8O10/c1-22(24-15-25(43(44,45)46)17-26(47)16-24)49-37-28-18-33(32(61-3)19-30(28)50-23(2)51-37)64-21-42(9-10-42)41(60)48-11-12-62-13-14-63-20-35(56)52-29-6-4-5-27-36(29)40(59)54(39(27)58)31-7-8-34(55)53-38(31)57/h4-6,15-19,22,31H,7-14,20-21,47H2,1-3H3,(H,48,60)(H,52,56)(H,49,50,51)(H,53,55,57)/t22-,31?/m1/s1. The quantitative estimate of drug-likeness (QED) is 0.0538. The molecule has 3 heterocycles. The Labute approximate surface area is 363 Å². The number of anilines is 3. The molecule has 3 aromatic carbocycles. The summed E-state index contributed by atoms with van der Waals surface area (Å²) in [5, 5.41) is 11.3. The highest BCUT2D eigenvalue weighted by Crippen LogP contribution is 2.47. The third-order valence-corrected chi connectivity index (χ3v) is 11.0. The molecule has 3 aliphatic rings. The van der Waals surface area contributed by atoms with Crippen molar-refractivity contribution in [3.8, 4) is 11.5 Å². The Morgan fingerprint density at radius 1 is 1.00 bits per heavy atom. The van der Waals surface area contributed by atoms with Gasteiger partial charge < -0.3 is 40.6 Å². The molecule has 2 aliphatic heterocycles. The fourth-order valence-corrected chi connectivity index (χ4v) is 7.43. The van der Waals surface area contributed by atoms with Crippen LogP contribution >= 0.6 is 0 Å². The van der Waals surface area contributed by atoms with Crippen molar-refractivity contribution in [3.63, 3.8) is 0 Å². The molecule has 0 bridgehead atoms. The summed E-state index contributed by atoms with van der Waals surface area (Å²) in [6.45, 7) is 3.46. The minimum absolute atomic E-state index is 0.00372. The van der Waals surface area contributed by atoms with Crippen molar-refractivity contribution in [2.75, 3.05) is 63.1 Å². The second-order valence-electron chi connectivity index (χ2n) is 15.6. The molecule has 1 unspecified atom stereocenters. The summed E-state index contributed by atoms with van der Waals surface area (Å²) in [5.41, 5.74) is 4.96. The van der Waals surface area contributed by atoms with Crippen molar-refractivity contribution in [2.45, 2.75) is 57.8 Å². The Bertz CT molecular complexity index is 2530. The molecule has 0 radical (unpaired) electrons. The number of imide groups is 2. The van der Waals surface area contributed by atoms with Crippen molar-refractivity contribution in [2.24, 2.45) is 5.41 Å². The topological polar surface area (TPSA) is 242 Å². The first kappa shape index (κ1) is 45.2. The van der Waals surface area contributed by atoms with E-state index < -0.39 is 65.4 Å². The third kappa shape index (κ3) is 9.84. The molecule has 1 aromatic heterocycles. The van der Waals surface area contributed by atoms with E-state index >= 15 is 0 Å². The highest BCUT2D eigenvalue weighted by Gasteiger charge is 2.51. The van der Waals surface area contributed by atoms with Crippen LogP contribution in [0.15, 0.2) is 48.5 Å². The highest BCUT2D eigenvalue weighted by molar-refractivity contribution is 6.26. The molecule has 7 rings (SSSR count). The number of alkyl halides is 3. The minimum atomic E-state index is -4.58. The molecular weight excluding hydrogens is 846 g/mol. The molecule has 2 atom stereocenters. The number of ether oxygens (including phenoxy) is 4. The second-order valence-corrected chi connectivity index (χ2v) is 15.6. The first-order valence-electron chi connectivity index (χ1n) is 20.3. The second kappa shape index (κ2) is 18.5. The van der Waals surface area contributed by atoms with E-state index in [4.69, 9.17) is 24.7 Å². The van der Waals surface area contributed by atoms with E-state index in [0.29, 0.717) is 52.4 Å². The van der Waals surface area contributed by atoms with Crippen molar-refractivity contribution in [3.05, 3.63) is 76.6 Å². The van der Waals surface area contributed by atoms with Gasteiger partial charge >= 0.3 is 6.18 Å². The van der Waals surface area contributed by atoms with E-state index in [2.05, 4.69) is 31.2 Å². The first-order chi connectivity index (χ1) is 30.5. The molecule has 338 valence electrons. The van der Waals surface area contributed by atoms with E-state index in [0.717, 1.165) is 17.0 Å². The van der Waals surface area contributed by atoms with Gasteiger partial charge in [0.25, 0.3) is 11.8 Å². The lowest BCUT2D eigenvalue weighted by atomic mass is 10.0. The molecule has 2 fully saturated rings. The van der Waals surface area contributed by atoms with Crippen molar-refractivity contribution in [1.29, 1.82) is 0 Å². The van der Waals surface area contributed by atoms with Crippen molar-refractivity contribution < 1.29 is 60.9 Å². The monoisotopic (exact) mass is 890 g/mol. The summed E-state index contributed by atoms with van der Waals surface area (Å²) in [5.74, 6) is -2.11. The van der Waals surface area contributed by atoms with Gasteiger partial charge in [0.15, 0.2) is 11.5 Å². The number of benzene rings is 3. The lowest BCUT2D eigenvalue weighted by Crippen LogP contribution is -2.54. The van der Waals surface area contributed by atoms with Gasteiger partial charge in [-0.2, -0.15) is 13.2 Å². The molecule has 4 aromatic rings. The Morgan fingerprint density at radius 2 is 1.77 bits per heavy atom. The number of fused-ring (bicyclic) bond motifs is 2. The number of carbonyl (C=O) groups is 6. The van der Waals surface area contributed by atoms with E-state index in [9.17, 15) is 41.9 Å².